The van der Waals surface area contributed by atoms with Gasteiger partial charge in [-0.05, 0) is 61.4 Å². The highest BCUT2D eigenvalue weighted by molar-refractivity contribution is 6.00. The quantitative estimate of drug-likeness (QED) is 0.451. The number of methoxy groups -OCH3 is 1. The third-order valence-corrected chi connectivity index (χ3v) is 7.01. The molecule has 2 saturated heterocycles. The molecule has 2 aliphatic heterocycles. The normalized spacial score (nSPS) is 17.0. The third kappa shape index (κ3) is 4.01. The number of nitrogens with zero attached hydrogens (tertiary/aromatic N) is 3. The number of H-pyrrole nitrogens is 1. The molecule has 33 heavy (non-hydrogen) atoms. The van der Waals surface area contributed by atoms with E-state index >= 15 is 0 Å². The van der Waals surface area contributed by atoms with Crippen LogP contribution in [0.4, 0.5) is 11.4 Å². The Bertz CT molecular complexity index is 1190. The number of nitro benzene ring substituents is 1. The predicted molar refractivity (Wildman–Crippen MR) is 127 cm³/mol. The van der Waals surface area contributed by atoms with Gasteiger partial charge in [0.15, 0.2) is 0 Å². The largest absolute Gasteiger partial charge is 0.497 e. The number of fused-ring (bicyclic) bond motifs is 1. The maximum Gasteiger partial charge on any atom is 0.270 e. The molecule has 3 aromatic rings. The molecular weight excluding hydrogens is 420 g/mol. The first kappa shape index (κ1) is 21.3. The first-order chi connectivity index (χ1) is 16.0. The van der Waals surface area contributed by atoms with Gasteiger partial charge < -0.3 is 19.5 Å². The number of carbonyl (C=O) groups is 1. The molecule has 0 spiro atoms. The lowest BCUT2D eigenvalue weighted by Crippen LogP contribution is -2.38. The first-order valence-corrected chi connectivity index (χ1v) is 11.5. The van der Waals surface area contributed by atoms with Gasteiger partial charge >= 0.3 is 0 Å². The minimum Gasteiger partial charge on any atom is -0.497 e. The lowest BCUT2D eigenvalue weighted by atomic mass is 9.89. The summed E-state index contributed by atoms with van der Waals surface area (Å²) in [4.78, 5) is 31.8. The fourth-order valence-corrected chi connectivity index (χ4v) is 5.19. The molecule has 0 bridgehead atoms. The van der Waals surface area contributed by atoms with Gasteiger partial charge in [-0.3, -0.25) is 14.9 Å². The molecule has 0 unspecified atom stereocenters. The second kappa shape index (κ2) is 8.77. The van der Waals surface area contributed by atoms with Gasteiger partial charge in [0.1, 0.15) is 5.75 Å². The maximum absolute atomic E-state index is 13.5. The number of amides is 1. The molecule has 1 aromatic heterocycles. The van der Waals surface area contributed by atoms with Gasteiger partial charge in [0.05, 0.1) is 23.3 Å². The number of non-ortho nitro benzene ring substituents is 1. The number of rotatable bonds is 5. The van der Waals surface area contributed by atoms with Crippen molar-refractivity contribution in [3.8, 4) is 5.75 Å². The number of aromatic amines is 1. The molecule has 8 nitrogen and oxygen atoms in total. The number of hydrogen-bond acceptors (Lipinski definition) is 5. The van der Waals surface area contributed by atoms with E-state index in [1.54, 1.807) is 13.2 Å². The molecule has 3 heterocycles. The maximum atomic E-state index is 13.5. The number of likely N-dealkylation sites (tertiary alicyclic amines) is 1. The van der Waals surface area contributed by atoms with Crippen LogP contribution < -0.4 is 9.64 Å². The Hall–Kier alpha value is -3.55. The van der Waals surface area contributed by atoms with Crippen molar-refractivity contribution in [3.05, 3.63) is 63.8 Å². The molecule has 1 amide bonds. The summed E-state index contributed by atoms with van der Waals surface area (Å²) in [6, 6.07) is 10.7. The average Bonchev–Trinajstić information content (AvgIpc) is 3.53. The van der Waals surface area contributed by atoms with Gasteiger partial charge in [0.2, 0.25) is 0 Å². The van der Waals surface area contributed by atoms with E-state index in [0.717, 1.165) is 61.1 Å². The van der Waals surface area contributed by atoms with Crippen molar-refractivity contribution >= 4 is 28.2 Å². The summed E-state index contributed by atoms with van der Waals surface area (Å²) in [6.07, 6.45) is 5.92. The van der Waals surface area contributed by atoms with Gasteiger partial charge in [-0.15, -0.1) is 0 Å². The number of ether oxygens (including phenoxy) is 1. The molecule has 2 aliphatic rings. The number of carbonyl (C=O) groups excluding carboxylic acids is 1. The van der Waals surface area contributed by atoms with Crippen LogP contribution in [0.3, 0.4) is 0 Å². The van der Waals surface area contributed by atoms with Gasteiger partial charge in [-0.2, -0.15) is 0 Å². The minimum absolute atomic E-state index is 0.0380. The van der Waals surface area contributed by atoms with Crippen molar-refractivity contribution in [1.29, 1.82) is 0 Å². The number of piperidine rings is 1. The summed E-state index contributed by atoms with van der Waals surface area (Å²) < 4.78 is 5.39. The van der Waals surface area contributed by atoms with Crippen molar-refractivity contribution in [2.45, 2.75) is 31.6 Å². The van der Waals surface area contributed by atoms with E-state index in [9.17, 15) is 14.9 Å². The number of benzene rings is 2. The zero-order valence-corrected chi connectivity index (χ0v) is 18.8. The molecule has 0 aliphatic carbocycles. The van der Waals surface area contributed by atoms with Crippen LogP contribution in [-0.4, -0.2) is 54.0 Å². The van der Waals surface area contributed by atoms with Crippen LogP contribution in [0, 0.1) is 10.1 Å². The summed E-state index contributed by atoms with van der Waals surface area (Å²) in [7, 11) is 1.67. The van der Waals surface area contributed by atoms with E-state index in [-0.39, 0.29) is 11.6 Å². The minimum atomic E-state index is -0.429. The Labute approximate surface area is 192 Å². The van der Waals surface area contributed by atoms with Crippen LogP contribution in [0.2, 0.25) is 0 Å². The Morgan fingerprint density at radius 1 is 1.09 bits per heavy atom. The fraction of sp³-hybridized carbons (Fsp3) is 0.400. The second-order valence-electron chi connectivity index (χ2n) is 8.87. The molecule has 0 radical (unpaired) electrons. The van der Waals surface area contributed by atoms with Crippen molar-refractivity contribution in [1.82, 2.24) is 9.88 Å². The number of aromatic nitrogens is 1. The fourth-order valence-electron chi connectivity index (χ4n) is 5.19. The third-order valence-electron chi connectivity index (χ3n) is 7.01. The molecule has 1 N–H and O–H groups in total. The van der Waals surface area contributed by atoms with Gasteiger partial charge in [0, 0.05) is 55.4 Å². The van der Waals surface area contributed by atoms with Crippen LogP contribution in [0.15, 0.2) is 42.6 Å². The van der Waals surface area contributed by atoms with Gasteiger partial charge in [-0.25, -0.2) is 0 Å². The van der Waals surface area contributed by atoms with Crippen LogP contribution in [0.1, 0.15) is 47.5 Å². The SMILES string of the molecule is COc1ccc2[nH]cc(C3CCN(C(=O)c4cc([N+](=O)[O-])ccc4N4CCCC4)CC3)c2c1. The van der Waals surface area contributed by atoms with Crippen molar-refractivity contribution in [2.75, 3.05) is 38.2 Å². The van der Waals surface area contributed by atoms with Gasteiger partial charge in [0.25, 0.3) is 11.6 Å². The Balaban J connectivity index is 1.36. The zero-order chi connectivity index (χ0) is 22.9. The van der Waals surface area contributed by atoms with Gasteiger partial charge in [-0.1, -0.05) is 0 Å². The average molecular weight is 449 g/mol. The first-order valence-electron chi connectivity index (χ1n) is 11.5. The Morgan fingerprint density at radius 3 is 2.55 bits per heavy atom. The van der Waals surface area contributed by atoms with Crippen LogP contribution in [0.5, 0.6) is 5.75 Å². The number of nitrogens with one attached hydrogen (secondary N) is 1. The van der Waals surface area contributed by atoms with E-state index in [1.807, 2.05) is 17.0 Å². The van der Waals surface area contributed by atoms with Crippen molar-refractivity contribution < 1.29 is 14.5 Å². The summed E-state index contributed by atoms with van der Waals surface area (Å²) >= 11 is 0. The van der Waals surface area contributed by atoms with E-state index in [1.165, 1.54) is 17.7 Å². The molecular formula is C25H28N4O4. The van der Waals surface area contributed by atoms with E-state index in [0.29, 0.717) is 24.6 Å². The lowest BCUT2D eigenvalue weighted by Gasteiger charge is -2.33. The van der Waals surface area contributed by atoms with E-state index in [2.05, 4.69) is 22.1 Å². The summed E-state index contributed by atoms with van der Waals surface area (Å²) in [5, 5.41) is 12.5. The summed E-state index contributed by atoms with van der Waals surface area (Å²) in [5.74, 6) is 1.06. The Kier molecular flexibility index (Phi) is 5.66. The molecule has 5 rings (SSSR count). The molecule has 172 valence electrons. The van der Waals surface area contributed by atoms with Crippen molar-refractivity contribution in [3.63, 3.8) is 0 Å². The zero-order valence-electron chi connectivity index (χ0n) is 18.8. The van der Waals surface area contributed by atoms with Crippen LogP contribution in [-0.2, 0) is 0 Å². The smallest absolute Gasteiger partial charge is 0.270 e. The number of hydrogen-bond donors (Lipinski definition) is 1. The van der Waals surface area contributed by atoms with Crippen LogP contribution >= 0.6 is 0 Å². The number of nitro groups is 1. The topological polar surface area (TPSA) is 91.7 Å². The van der Waals surface area contributed by atoms with E-state index < -0.39 is 4.92 Å². The predicted octanol–water partition coefficient (Wildman–Crippen LogP) is 4.70. The highest BCUT2D eigenvalue weighted by atomic mass is 16.6. The molecule has 8 heteroatoms. The Morgan fingerprint density at radius 2 is 1.85 bits per heavy atom. The molecule has 2 aromatic carbocycles. The highest BCUT2D eigenvalue weighted by Crippen LogP contribution is 2.36. The standard InChI is InChI=1S/C25H28N4O4/c1-33-19-5-6-23-20(15-19)22(16-26-23)17-8-12-28(13-9-17)25(30)21-14-18(29(31)32)4-7-24(21)27-10-2-3-11-27/h4-7,14-17,26H,2-3,8-13H2,1H3. The highest BCUT2D eigenvalue weighted by Gasteiger charge is 2.30. The monoisotopic (exact) mass is 448 g/mol. The molecule has 0 atom stereocenters. The molecule has 2 fully saturated rings. The van der Waals surface area contributed by atoms with E-state index in [4.69, 9.17) is 4.74 Å². The second-order valence-corrected chi connectivity index (χ2v) is 8.87. The summed E-state index contributed by atoms with van der Waals surface area (Å²) in [6.45, 7) is 3.01. The molecule has 0 saturated carbocycles. The van der Waals surface area contributed by atoms with Crippen molar-refractivity contribution in [2.24, 2.45) is 0 Å². The summed E-state index contributed by atoms with van der Waals surface area (Å²) in [5.41, 5.74) is 3.56. The lowest BCUT2D eigenvalue weighted by molar-refractivity contribution is -0.384. The number of anilines is 1. The van der Waals surface area contributed by atoms with Crippen LogP contribution in [0.25, 0.3) is 10.9 Å².